The van der Waals surface area contributed by atoms with Crippen LogP contribution < -0.4 is 5.73 Å². The molecule has 3 unspecified atom stereocenters. The van der Waals surface area contributed by atoms with Crippen LogP contribution in [0.15, 0.2) is 34.8 Å². The SMILES string of the molecule is Cc1ccc(C)c(C(=N)/C=C(\C(N)=NC2C[C@@H]3CN(C[C@@H]4CC5CCC4O5)C[C@@H]3C2)C(F)(F)F)c1.[HH]. The van der Waals surface area contributed by atoms with E-state index in [1.54, 1.807) is 13.0 Å². The molecule has 0 radical (unpaired) electrons. The first-order valence-electron chi connectivity index (χ1n) is 12.7. The summed E-state index contributed by atoms with van der Waals surface area (Å²) in [5, 5.41) is 8.30. The fourth-order valence-corrected chi connectivity index (χ4v) is 6.70. The quantitative estimate of drug-likeness (QED) is 0.433. The first-order chi connectivity index (χ1) is 16.6. The van der Waals surface area contributed by atoms with Gasteiger partial charge in [0.15, 0.2) is 0 Å². The zero-order chi connectivity index (χ0) is 24.9. The number of benzene rings is 1. The van der Waals surface area contributed by atoms with E-state index in [-0.39, 0.29) is 13.2 Å². The van der Waals surface area contributed by atoms with Gasteiger partial charge in [-0.2, -0.15) is 13.2 Å². The van der Waals surface area contributed by atoms with Crippen molar-refractivity contribution in [1.29, 1.82) is 5.41 Å². The number of allylic oxidation sites excluding steroid dienone is 1. The Hall–Kier alpha value is -2.19. The summed E-state index contributed by atoms with van der Waals surface area (Å²) < 4.78 is 47.7. The summed E-state index contributed by atoms with van der Waals surface area (Å²) in [5.74, 6) is 1.04. The maximum absolute atomic E-state index is 13.9. The molecule has 2 bridgehead atoms. The van der Waals surface area contributed by atoms with Gasteiger partial charge in [-0.1, -0.05) is 17.7 Å². The van der Waals surface area contributed by atoms with Crippen molar-refractivity contribution in [2.45, 2.75) is 70.4 Å². The molecule has 4 aliphatic rings. The van der Waals surface area contributed by atoms with Crippen LogP contribution in [0.1, 0.15) is 50.2 Å². The average molecular weight is 491 g/mol. The summed E-state index contributed by atoms with van der Waals surface area (Å²) in [6.45, 7) is 6.69. The van der Waals surface area contributed by atoms with Gasteiger partial charge in [0.1, 0.15) is 5.84 Å². The number of rotatable bonds is 6. The second-order valence-electron chi connectivity index (χ2n) is 11.0. The molecular weight excluding hydrogens is 453 g/mol. The molecule has 6 atom stereocenters. The molecule has 1 aromatic carbocycles. The number of likely N-dealkylation sites (tertiary alicyclic amines) is 1. The second-order valence-corrected chi connectivity index (χ2v) is 11.0. The summed E-state index contributed by atoms with van der Waals surface area (Å²) in [5.41, 5.74) is 6.81. The van der Waals surface area contributed by atoms with E-state index < -0.39 is 17.6 Å². The minimum absolute atomic E-state index is 0. The van der Waals surface area contributed by atoms with Crippen LogP contribution in [0.2, 0.25) is 0 Å². The highest BCUT2D eigenvalue weighted by Gasteiger charge is 2.45. The van der Waals surface area contributed by atoms with Gasteiger partial charge < -0.3 is 20.8 Å². The molecule has 0 amide bonds. The van der Waals surface area contributed by atoms with Gasteiger partial charge in [-0.3, -0.25) is 4.99 Å². The van der Waals surface area contributed by atoms with Gasteiger partial charge in [-0.15, -0.1) is 0 Å². The lowest BCUT2D eigenvalue weighted by Gasteiger charge is -2.25. The molecule has 3 saturated heterocycles. The molecular formula is C27H37F3N4O. The number of fused-ring (bicyclic) bond motifs is 3. The van der Waals surface area contributed by atoms with Crippen molar-refractivity contribution in [2.75, 3.05) is 19.6 Å². The number of nitrogens with two attached hydrogens (primary N) is 1. The Morgan fingerprint density at radius 2 is 1.91 bits per heavy atom. The maximum atomic E-state index is 13.9. The zero-order valence-corrected chi connectivity index (χ0v) is 20.4. The molecule has 0 spiro atoms. The predicted octanol–water partition coefficient (Wildman–Crippen LogP) is 5.04. The lowest BCUT2D eigenvalue weighted by atomic mass is 9.89. The Kier molecular flexibility index (Phi) is 6.55. The topological polar surface area (TPSA) is 74.7 Å². The van der Waals surface area contributed by atoms with Crippen LogP contribution in [0.4, 0.5) is 13.2 Å². The third-order valence-corrected chi connectivity index (χ3v) is 8.40. The van der Waals surface area contributed by atoms with Gasteiger partial charge in [0, 0.05) is 32.5 Å². The largest absolute Gasteiger partial charge is 0.420 e. The number of aliphatic imine (C=N–C) groups is 1. The fraction of sp³-hybridized carbons (Fsp3) is 0.630. The minimum Gasteiger partial charge on any atom is -0.383 e. The molecule has 192 valence electrons. The van der Waals surface area contributed by atoms with Gasteiger partial charge in [-0.25, -0.2) is 0 Å². The van der Waals surface area contributed by atoms with Crippen molar-refractivity contribution in [2.24, 2.45) is 28.5 Å². The first-order valence-corrected chi connectivity index (χ1v) is 12.7. The standard InChI is InChI=1S/C27H35F3N4O.H2/c1-15-3-4-16(2)22(7-15)24(31)11-23(27(28,29)30)26(32)33-20-8-17-12-34(13-18(17)9-20)14-19-10-21-5-6-25(19)35-21;/h3-4,7,11,17-21,25,31H,5-6,8-10,12-14H2,1-2H3,(H2,32,33);1H/b23-11+,31-24?;/t17-,18+,19-,20?,21?,25?;/m0./s1. The Bertz CT molecular complexity index is 1040. The van der Waals surface area contributed by atoms with Crippen LogP contribution in [0.25, 0.3) is 0 Å². The molecule has 1 saturated carbocycles. The van der Waals surface area contributed by atoms with Crippen molar-refractivity contribution < 1.29 is 19.3 Å². The van der Waals surface area contributed by atoms with E-state index in [9.17, 15) is 13.2 Å². The number of nitrogens with one attached hydrogen (secondary N) is 1. The van der Waals surface area contributed by atoms with Crippen LogP contribution in [-0.4, -0.2) is 60.5 Å². The molecule has 1 aliphatic carbocycles. The highest BCUT2D eigenvalue weighted by atomic mass is 19.4. The monoisotopic (exact) mass is 490 g/mol. The molecule has 3 aliphatic heterocycles. The van der Waals surface area contributed by atoms with Crippen molar-refractivity contribution in [3.8, 4) is 0 Å². The first kappa shape index (κ1) is 24.5. The van der Waals surface area contributed by atoms with Gasteiger partial charge in [0.05, 0.1) is 29.5 Å². The molecule has 35 heavy (non-hydrogen) atoms. The number of hydrogen-bond acceptors (Lipinski definition) is 4. The number of aryl methyl sites for hydroxylation is 2. The number of ether oxygens (including phenoxy) is 1. The van der Waals surface area contributed by atoms with Crippen LogP contribution in [0.5, 0.6) is 0 Å². The van der Waals surface area contributed by atoms with Crippen LogP contribution in [0.3, 0.4) is 0 Å². The highest BCUT2D eigenvalue weighted by Crippen LogP contribution is 2.43. The Morgan fingerprint density at radius 1 is 1.20 bits per heavy atom. The predicted molar refractivity (Wildman–Crippen MR) is 133 cm³/mol. The normalized spacial score (nSPS) is 33.5. The second kappa shape index (κ2) is 9.36. The molecule has 3 N–H and O–H groups in total. The van der Waals surface area contributed by atoms with E-state index in [1.165, 1.54) is 19.3 Å². The van der Waals surface area contributed by atoms with E-state index in [0.29, 0.717) is 35.5 Å². The third kappa shape index (κ3) is 5.19. The molecule has 4 fully saturated rings. The maximum Gasteiger partial charge on any atom is 0.420 e. The number of halogens is 3. The summed E-state index contributed by atoms with van der Waals surface area (Å²) in [6.07, 6.45) is 2.13. The number of nitrogens with zero attached hydrogens (tertiary/aromatic N) is 2. The van der Waals surface area contributed by atoms with Crippen LogP contribution in [0, 0.1) is 37.0 Å². The molecule has 8 heteroatoms. The van der Waals surface area contributed by atoms with Crippen molar-refractivity contribution in [3.05, 3.63) is 46.5 Å². The third-order valence-electron chi connectivity index (χ3n) is 8.40. The number of amidine groups is 1. The Morgan fingerprint density at radius 3 is 2.51 bits per heavy atom. The van der Waals surface area contributed by atoms with E-state index in [0.717, 1.165) is 49.7 Å². The molecule has 3 heterocycles. The molecule has 1 aromatic rings. The van der Waals surface area contributed by atoms with Gasteiger partial charge in [0.25, 0.3) is 0 Å². The fourth-order valence-electron chi connectivity index (χ4n) is 6.70. The summed E-state index contributed by atoms with van der Waals surface area (Å²) >= 11 is 0. The van der Waals surface area contributed by atoms with E-state index in [1.807, 2.05) is 19.1 Å². The minimum atomic E-state index is -4.67. The lowest BCUT2D eigenvalue weighted by molar-refractivity contribution is -0.0860. The molecule has 5 nitrogen and oxygen atoms in total. The van der Waals surface area contributed by atoms with Gasteiger partial charge in [-0.05, 0) is 75.5 Å². The van der Waals surface area contributed by atoms with E-state index in [2.05, 4.69) is 9.89 Å². The van der Waals surface area contributed by atoms with Crippen LogP contribution >= 0.6 is 0 Å². The van der Waals surface area contributed by atoms with Crippen LogP contribution in [-0.2, 0) is 4.74 Å². The summed E-state index contributed by atoms with van der Waals surface area (Å²) in [6, 6.07) is 5.21. The molecule has 0 aromatic heterocycles. The molecule has 5 rings (SSSR count). The van der Waals surface area contributed by atoms with E-state index in [4.69, 9.17) is 15.9 Å². The zero-order valence-electron chi connectivity index (χ0n) is 20.4. The van der Waals surface area contributed by atoms with Crippen molar-refractivity contribution >= 4 is 11.5 Å². The van der Waals surface area contributed by atoms with Crippen molar-refractivity contribution in [1.82, 2.24) is 4.90 Å². The lowest BCUT2D eigenvalue weighted by Crippen LogP contribution is -2.33. The summed E-state index contributed by atoms with van der Waals surface area (Å²) in [4.78, 5) is 6.87. The van der Waals surface area contributed by atoms with Gasteiger partial charge in [0.2, 0.25) is 0 Å². The van der Waals surface area contributed by atoms with Gasteiger partial charge >= 0.3 is 6.18 Å². The highest BCUT2D eigenvalue weighted by molar-refractivity contribution is 6.13. The smallest absolute Gasteiger partial charge is 0.383 e. The Balaban J connectivity index is 0.00000304. The van der Waals surface area contributed by atoms with E-state index >= 15 is 0 Å². The average Bonchev–Trinajstić information content (AvgIpc) is 3.54. The van der Waals surface area contributed by atoms with Crippen molar-refractivity contribution in [3.63, 3.8) is 0 Å². The Labute approximate surface area is 206 Å². The summed E-state index contributed by atoms with van der Waals surface area (Å²) in [7, 11) is 0. The number of hydrogen-bond donors (Lipinski definition) is 2. The number of alkyl halides is 3.